The number of benzene rings is 1. The monoisotopic (exact) mass is 319 g/mol. The predicted octanol–water partition coefficient (Wildman–Crippen LogP) is 4.52. The molecule has 3 aromatic rings. The Kier molecular flexibility index (Phi) is 5.91. The van der Waals surface area contributed by atoms with Crippen LogP contribution in [0.25, 0.3) is 10.8 Å². The summed E-state index contributed by atoms with van der Waals surface area (Å²) in [4.78, 5) is 8.33. The summed E-state index contributed by atoms with van der Waals surface area (Å²) in [7, 11) is 0. The van der Waals surface area contributed by atoms with E-state index in [-0.39, 0.29) is 0 Å². The van der Waals surface area contributed by atoms with Gasteiger partial charge in [0.1, 0.15) is 0 Å². The molecule has 1 aromatic carbocycles. The molecule has 0 bridgehead atoms. The highest BCUT2D eigenvalue weighted by Gasteiger charge is 2.03. The molecule has 0 spiro atoms. The SMILES string of the molecule is C[C@H](CCCCc1cccnc1)NCc1ccc2cnccc2c1. The number of aromatic nitrogens is 2. The Morgan fingerprint density at radius 1 is 0.917 bits per heavy atom. The normalized spacial score (nSPS) is 12.4. The molecule has 0 aliphatic rings. The topological polar surface area (TPSA) is 37.8 Å². The quantitative estimate of drug-likeness (QED) is 0.620. The van der Waals surface area contributed by atoms with Crippen LogP contribution in [0.1, 0.15) is 37.3 Å². The maximum absolute atomic E-state index is 4.17. The van der Waals surface area contributed by atoms with E-state index >= 15 is 0 Å². The summed E-state index contributed by atoms with van der Waals surface area (Å²) >= 11 is 0. The molecule has 0 fully saturated rings. The summed E-state index contributed by atoms with van der Waals surface area (Å²) in [6.07, 6.45) is 12.4. The maximum Gasteiger partial charge on any atom is 0.0346 e. The van der Waals surface area contributed by atoms with E-state index < -0.39 is 0 Å². The first-order valence-electron chi connectivity index (χ1n) is 8.76. The van der Waals surface area contributed by atoms with Gasteiger partial charge in [0.05, 0.1) is 0 Å². The van der Waals surface area contributed by atoms with Gasteiger partial charge in [0.25, 0.3) is 0 Å². The molecular weight excluding hydrogens is 294 g/mol. The third kappa shape index (κ3) is 4.87. The molecule has 1 atom stereocenters. The van der Waals surface area contributed by atoms with E-state index in [1.807, 2.05) is 30.9 Å². The first-order valence-corrected chi connectivity index (χ1v) is 8.76. The zero-order valence-electron chi connectivity index (χ0n) is 14.3. The van der Waals surface area contributed by atoms with E-state index in [1.165, 1.54) is 41.2 Å². The summed E-state index contributed by atoms with van der Waals surface area (Å²) in [5, 5.41) is 6.09. The zero-order chi connectivity index (χ0) is 16.6. The van der Waals surface area contributed by atoms with Crippen molar-refractivity contribution in [1.82, 2.24) is 15.3 Å². The van der Waals surface area contributed by atoms with Gasteiger partial charge < -0.3 is 5.32 Å². The van der Waals surface area contributed by atoms with Crippen molar-refractivity contribution in [2.45, 2.75) is 45.2 Å². The number of nitrogens with zero attached hydrogens (tertiary/aromatic N) is 2. The summed E-state index contributed by atoms with van der Waals surface area (Å²) < 4.78 is 0. The number of unbranched alkanes of at least 4 members (excludes halogenated alkanes) is 1. The van der Waals surface area contributed by atoms with E-state index in [1.54, 1.807) is 0 Å². The zero-order valence-corrected chi connectivity index (χ0v) is 14.3. The molecule has 124 valence electrons. The van der Waals surface area contributed by atoms with E-state index in [2.05, 4.69) is 52.5 Å². The van der Waals surface area contributed by atoms with Gasteiger partial charge in [-0.1, -0.05) is 24.6 Å². The number of hydrogen-bond acceptors (Lipinski definition) is 3. The van der Waals surface area contributed by atoms with Crippen LogP contribution in [0, 0.1) is 0 Å². The van der Waals surface area contributed by atoms with Gasteiger partial charge >= 0.3 is 0 Å². The van der Waals surface area contributed by atoms with Gasteiger partial charge in [-0.3, -0.25) is 9.97 Å². The van der Waals surface area contributed by atoms with Crippen LogP contribution in [0.15, 0.2) is 61.2 Å². The molecular formula is C21H25N3. The second-order valence-corrected chi connectivity index (χ2v) is 6.45. The minimum Gasteiger partial charge on any atom is -0.310 e. The lowest BCUT2D eigenvalue weighted by molar-refractivity contribution is 0.489. The van der Waals surface area contributed by atoms with Gasteiger partial charge in [-0.25, -0.2) is 0 Å². The molecule has 1 N–H and O–H groups in total. The lowest BCUT2D eigenvalue weighted by Gasteiger charge is -2.14. The Labute approximate surface area is 144 Å². The van der Waals surface area contributed by atoms with E-state index in [0.717, 1.165) is 13.0 Å². The second-order valence-electron chi connectivity index (χ2n) is 6.45. The van der Waals surface area contributed by atoms with Crippen molar-refractivity contribution in [3.63, 3.8) is 0 Å². The Hall–Kier alpha value is -2.26. The molecule has 2 heterocycles. The lowest BCUT2D eigenvalue weighted by Crippen LogP contribution is -2.25. The van der Waals surface area contributed by atoms with Crippen LogP contribution in [0.5, 0.6) is 0 Å². The molecule has 0 saturated heterocycles. The average Bonchev–Trinajstić information content (AvgIpc) is 2.64. The molecule has 2 aromatic heterocycles. The van der Waals surface area contributed by atoms with Gasteiger partial charge in [0.2, 0.25) is 0 Å². The number of fused-ring (bicyclic) bond motifs is 1. The third-order valence-electron chi connectivity index (χ3n) is 4.44. The standard InChI is InChI=1S/C21H25N3/c1-17(5-2-3-6-18-7-4-11-22-14-18)24-15-19-8-9-21-16-23-12-10-20(21)13-19/h4,7-14,16-17,24H,2-3,5-6,15H2,1H3/t17-/m1/s1. The number of aryl methyl sites for hydroxylation is 1. The van der Waals surface area contributed by atoms with Gasteiger partial charge in [-0.05, 0) is 60.9 Å². The highest BCUT2D eigenvalue weighted by Crippen LogP contribution is 2.15. The first-order chi connectivity index (χ1) is 11.8. The summed E-state index contributed by atoms with van der Waals surface area (Å²) in [5.74, 6) is 0. The van der Waals surface area contributed by atoms with Crippen molar-refractivity contribution in [3.05, 3.63) is 72.3 Å². The van der Waals surface area contributed by atoms with Crippen LogP contribution in [0.2, 0.25) is 0 Å². The van der Waals surface area contributed by atoms with Crippen LogP contribution in [-0.4, -0.2) is 16.0 Å². The van der Waals surface area contributed by atoms with E-state index in [9.17, 15) is 0 Å². The van der Waals surface area contributed by atoms with Gasteiger partial charge in [-0.15, -0.1) is 0 Å². The largest absolute Gasteiger partial charge is 0.310 e. The first kappa shape index (κ1) is 16.6. The third-order valence-corrected chi connectivity index (χ3v) is 4.44. The molecule has 24 heavy (non-hydrogen) atoms. The highest BCUT2D eigenvalue weighted by atomic mass is 14.9. The predicted molar refractivity (Wildman–Crippen MR) is 99.8 cm³/mol. The van der Waals surface area contributed by atoms with Crippen molar-refractivity contribution in [1.29, 1.82) is 0 Å². The minimum absolute atomic E-state index is 0.534. The van der Waals surface area contributed by atoms with Crippen LogP contribution < -0.4 is 5.32 Å². The smallest absolute Gasteiger partial charge is 0.0346 e. The van der Waals surface area contributed by atoms with Crippen molar-refractivity contribution < 1.29 is 0 Å². The van der Waals surface area contributed by atoms with E-state index in [4.69, 9.17) is 0 Å². The Bertz CT molecular complexity index is 755. The molecule has 0 amide bonds. The van der Waals surface area contributed by atoms with Crippen molar-refractivity contribution in [3.8, 4) is 0 Å². The summed E-state index contributed by atoms with van der Waals surface area (Å²) in [5.41, 5.74) is 2.67. The highest BCUT2D eigenvalue weighted by molar-refractivity contribution is 5.81. The molecule has 0 aliphatic heterocycles. The molecule has 0 unspecified atom stereocenters. The Balaban J connectivity index is 1.39. The molecule has 0 radical (unpaired) electrons. The second kappa shape index (κ2) is 8.55. The van der Waals surface area contributed by atoms with Crippen LogP contribution in [0.4, 0.5) is 0 Å². The average molecular weight is 319 g/mol. The van der Waals surface area contributed by atoms with Gasteiger partial charge in [-0.2, -0.15) is 0 Å². The van der Waals surface area contributed by atoms with Gasteiger partial charge in [0.15, 0.2) is 0 Å². The van der Waals surface area contributed by atoms with Gasteiger partial charge in [0, 0.05) is 42.8 Å². The molecule has 3 heteroatoms. The van der Waals surface area contributed by atoms with Crippen LogP contribution in [0.3, 0.4) is 0 Å². The number of rotatable bonds is 8. The fourth-order valence-electron chi connectivity index (χ4n) is 2.96. The molecule has 0 saturated carbocycles. The summed E-state index contributed by atoms with van der Waals surface area (Å²) in [6.45, 7) is 3.19. The minimum atomic E-state index is 0.534. The molecule has 0 aliphatic carbocycles. The van der Waals surface area contributed by atoms with Crippen molar-refractivity contribution in [2.24, 2.45) is 0 Å². The molecule has 3 rings (SSSR count). The van der Waals surface area contributed by atoms with E-state index in [0.29, 0.717) is 6.04 Å². The van der Waals surface area contributed by atoms with Crippen molar-refractivity contribution >= 4 is 10.8 Å². The number of nitrogens with one attached hydrogen (secondary N) is 1. The number of hydrogen-bond donors (Lipinski definition) is 1. The fourth-order valence-corrected chi connectivity index (χ4v) is 2.96. The fraction of sp³-hybridized carbons (Fsp3) is 0.333. The van der Waals surface area contributed by atoms with Crippen LogP contribution >= 0.6 is 0 Å². The molecule has 3 nitrogen and oxygen atoms in total. The van der Waals surface area contributed by atoms with Crippen molar-refractivity contribution in [2.75, 3.05) is 0 Å². The Morgan fingerprint density at radius 2 is 1.83 bits per heavy atom. The number of pyridine rings is 2. The Morgan fingerprint density at radius 3 is 2.71 bits per heavy atom. The lowest BCUT2D eigenvalue weighted by atomic mass is 10.1. The summed E-state index contributed by atoms with van der Waals surface area (Å²) in [6, 6.07) is 13.4. The van der Waals surface area contributed by atoms with Crippen LogP contribution in [-0.2, 0) is 13.0 Å². The maximum atomic E-state index is 4.17.